The lowest BCUT2D eigenvalue weighted by Gasteiger charge is -2.27. The zero-order chi connectivity index (χ0) is 16.7. The van der Waals surface area contributed by atoms with E-state index >= 15 is 0 Å². The Hall–Kier alpha value is -1.86. The smallest absolute Gasteiger partial charge is 0.121 e. The van der Waals surface area contributed by atoms with Crippen molar-refractivity contribution >= 4 is 22.5 Å². The molecule has 0 saturated carbocycles. The van der Waals surface area contributed by atoms with Gasteiger partial charge in [0.25, 0.3) is 0 Å². The van der Waals surface area contributed by atoms with Crippen LogP contribution >= 0.6 is 11.6 Å². The van der Waals surface area contributed by atoms with Crippen molar-refractivity contribution in [3.63, 3.8) is 0 Å². The van der Waals surface area contributed by atoms with Gasteiger partial charge >= 0.3 is 0 Å². The summed E-state index contributed by atoms with van der Waals surface area (Å²) in [5.41, 5.74) is 3.63. The van der Waals surface area contributed by atoms with Crippen LogP contribution in [0.2, 0.25) is 5.02 Å². The lowest BCUT2D eigenvalue weighted by Crippen LogP contribution is -2.33. The van der Waals surface area contributed by atoms with Crippen LogP contribution in [0.25, 0.3) is 10.9 Å². The first-order valence-electron chi connectivity index (χ1n) is 7.98. The van der Waals surface area contributed by atoms with Gasteiger partial charge in [0.05, 0.1) is 29.6 Å². The highest BCUT2D eigenvalue weighted by molar-refractivity contribution is 6.36. The maximum atomic E-state index is 9.73. The molecular formula is C17H19ClN4O2. The Labute approximate surface area is 144 Å². The number of halogens is 1. The Morgan fingerprint density at radius 1 is 1.29 bits per heavy atom. The summed E-state index contributed by atoms with van der Waals surface area (Å²) in [5.74, 6) is 0. The molecule has 6 nitrogen and oxygen atoms in total. The van der Waals surface area contributed by atoms with Gasteiger partial charge in [-0.05, 0) is 12.1 Å². The molecule has 0 saturated heterocycles. The summed E-state index contributed by atoms with van der Waals surface area (Å²) in [4.78, 5) is 5.69. The molecule has 24 heavy (non-hydrogen) atoms. The van der Waals surface area contributed by atoms with Gasteiger partial charge in [0.2, 0.25) is 0 Å². The molecule has 3 heterocycles. The molecular weight excluding hydrogens is 328 g/mol. The number of nitrogens with zero attached hydrogens (tertiary/aromatic N) is 3. The number of aromatic amines is 1. The third kappa shape index (κ3) is 2.71. The first kappa shape index (κ1) is 15.7. The summed E-state index contributed by atoms with van der Waals surface area (Å²) in [6.07, 6.45) is -0.917. The predicted molar refractivity (Wildman–Crippen MR) is 91.7 cm³/mol. The lowest BCUT2D eigenvalue weighted by atomic mass is 10.2. The number of rotatable bonds is 4. The van der Waals surface area contributed by atoms with Crippen LogP contribution in [0.3, 0.4) is 0 Å². The van der Waals surface area contributed by atoms with Gasteiger partial charge in [-0.1, -0.05) is 29.8 Å². The SMILES string of the molecule is OCC(O)c1cc2n(n1)CCN(Cc1[nH]c3ccccc3c1Cl)C2. The molecule has 7 heteroatoms. The van der Waals surface area contributed by atoms with Crippen LogP contribution in [0.4, 0.5) is 0 Å². The fraction of sp³-hybridized carbons (Fsp3) is 0.353. The minimum atomic E-state index is -0.917. The number of fused-ring (bicyclic) bond motifs is 2. The van der Waals surface area contributed by atoms with Gasteiger partial charge in [-0.25, -0.2) is 0 Å². The molecule has 0 spiro atoms. The third-order valence-corrected chi connectivity index (χ3v) is 4.94. The molecule has 1 aliphatic rings. The highest BCUT2D eigenvalue weighted by Gasteiger charge is 2.22. The van der Waals surface area contributed by atoms with E-state index in [9.17, 15) is 5.11 Å². The topological polar surface area (TPSA) is 77.3 Å². The highest BCUT2D eigenvalue weighted by atomic mass is 35.5. The first-order valence-corrected chi connectivity index (χ1v) is 8.36. The Morgan fingerprint density at radius 2 is 2.12 bits per heavy atom. The van der Waals surface area contributed by atoms with E-state index in [1.165, 1.54) is 0 Å². The lowest BCUT2D eigenvalue weighted by molar-refractivity contribution is 0.0915. The molecule has 126 valence electrons. The van der Waals surface area contributed by atoms with E-state index in [1.54, 1.807) is 0 Å². The largest absolute Gasteiger partial charge is 0.393 e. The monoisotopic (exact) mass is 346 g/mol. The molecule has 1 aromatic carbocycles. The second-order valence-corrected chi connectivity index (χ2v) is 6.53. The average Bonchev–Trinajstić information content (AvgIpc) is 3.16. The molecule has 1 unspecified atom stereocenters. The molecule has 3 N–H and O–H groups in total. The summed E-state index contributed by atoms with van der Waals surface area (Å²) < 4.78 is 1.90. The molecule has 2 aromatic heterocycles. The van der Waals surface area contributed by atoms with E-state index in [-0.39, 0.29) is 6.61 Å². The molecule has 0 aliphatic carbocycles. The normalized spacial score (nSPS) is 16.5. The zero-order valence-electron chi connectivity index (χ0n) is 13.1. The summed E-state index contributed by atoms with van der Waals surface area (Å²) in [6.45, 7) is 2.76. The van der Waals surface area contributed by atoms with Crippen LogP contribution in [-0.2, 0) is 19.6 Å². The van der Waals surface area contributed by atoms with Crippen molar-refractivity contribution in [3.05, 3.63) is 52.4 Å². The Morgan fingerprint density at radius 3 is 2.92 bits per heavy atom. The molecule has 0 radical (unpaired) electrons. The minimum absolute atomic E-state index is 0.315. The fourth-order valence-electron chi connectivity index (χ4n) is 3.23. The summed E-state index contributed by atoms with van der Waals surface area (Å²) in [6, 6.07) is 9.88. The maximum absolute atomic E-state index is 9.73. The molecule has 3 aromatic rings. The molecule has 0 amide bonds. The predicted octanol–water partition coefficient (Wildman–Crippen LogP) is 2.06. The van der Waals surface area contributed by atoms with E-state index < -0.39 is 6.10 Å². The van der Waals surface area contributed by atoms with E-state index in [0.717, 1.165) is 53.5 Å². The van der Waals surface area contributed by atoms with Crippen molar-refractivity contribution in [2.75, 3.05) is 13.2 Å². The number of nitrogens with one attached hydrogen (secondary N) is 1. The van der Waals surface area contributed by atoms with Gasteiger partial charge in [0.1, 0.15) is 6.10 Å². The van der Waals surface area contributed by atoms with Crippen LogP contribution in [-0.4, -0.2) is 43.0 Å². The van der Waals surface area contributed by atoms with Gasteiger partial charge in [0, 0.05) is 36.2 Å². The molecule has 0 bridgehead atoms. The van der Waals surface area contributed by atoms with Crippen molar-refractivity contribution in [2.45, 2.75) is 25.7 Å². The Bertz CT molecular complexity index is 873. The van der Waals surface area contributed by atoms with E-state index in [0.29, 0.717) is 5.69 Å². The maximum Gasteiger partial charge on any atom is 0.121 e. The third-order valence-electron chi connectivity index (χ3n) is 4.51. The van der Waals surface area contributed by atoms with Gasteiger partial charge in [0.15, 0.2) is 0 Å². The van der Waals surface area contributed by atoms with Crippen LogP contribution < -0.4 is 0 Å². The standard InChI is InChI=1S/C17H19ClN4O2/c18-17-12-3-1-2-4-13(12)19-15(17)9-21-5-6-22-11(8-21)7-14(20-22)16(24)10-23/h1-4,7,16,19,23-24H,5-6,8-10H2. The number of aromatic nitrogens is 3. The van der Waals surface area contributed by atoms with Crippen molar-refractivity contribution in [1.82, 2.24) is 19.7 Å². The van der Waals surface area contributed by atoms with Crippen molar-refractivity contribution in [1.29, 1.82) is 0 Å². The van der Waals surface area contributed by atoms with Gasteiger partial charge in [-0.15, -0.1) is 0 Å². The van der Waals surface area contributed by atoms with Gasteiger partial charge in [-0.3, -0.25) is 9.58 Å². The number of hydrogen-bond donors (Lipinski definition) is 3. The summed E-state index contributed by atoms with van der Waals surface area (Å²) in [5, 5.41) is 25.0. The first-order chi connectivity index (χ1) is 11.7. The van der Waals surface area contributed by atoms with E-state index in [4.69, 9.17) is 16.7 Å². The van der Waals surface area contributed by atoms with Crippen molar-refractivity contribution in [3.8, 4) is 0 Å². The number of H-pyrrole nitrogens is 1. The van der Waals surface area contributed by atoms with Crippen molar-refractivity contribution in [2.24, 2.45) is 0 Å². The number of hydrogen-bond acceptors (Lipinski definition) is 4. The van der Waals surface area contributed by atoms with Gasteiger partial charge < -0.3 is 15.2 Å². The molecule has 4 rings (SSSR count). The molecule has 1 aliphatic heterocycles. The molecule has 1 atom stereocenters. The molecule has 0 fully saturated rings. The Kier molecular flexibility index (Phi) is 4.05. The van der Waals surface area contributed by atoms with E-state index in [2.05, 4.69) is 15.0 Å². The van der Waals surface area contributed by atoms with Crippen LogP contribution in [0.15, 0.2) is 30.3 Å². The summed E-state index contributed by atoms with van der Waals surface area (Å²) in [7, 11) is 0. The second kappa shape index (κ2) is 6.22. The average molecular weight is 347 g/mol. The number of para-hydroxylation sites is 1. The zero-order valence-corrected chi connectivity index (χ0v) is 13.9. The highest BCUT2D eigenvalue weighted by Crippen LogP contribution is 2.29. The number of benzene rings is 1. The van der Waals surface area contributed by atoms with Gasteiger partial charge in [-0.2, -0.15) is 5.10 Å². The summed E-state index contributed by atoms with van der Waals surface area (Å²) >= 11 is 6.50. The quantitative estimate of drug-likeness (QED) is 0.675. The van der Waals surface area contributed by atoms with Crippen LogP contribution in [0.5, 0.6) is 0 Å². The van der Waals surface area contributed by atoms with E-state index in [1.807, 2.05) is 35.0 Å². The fourth-order valence-corrected chi connectivity index (χ4v) is 3.50. The van der Waals surface area contributed by atoms with Crippen LogP contribution in [0.1, 0.15) is 23.2 Å². The van der Waals surface area contributed by atoms with Crippen LogP contribution in [0, 0.1) is 0 Å². The van der Waals surface area contributed by atoms with Crippen molar-refractivity contribution < 1.29 is 10.2 Å². The number of aliphatic hydroxyl groups excluding tert-OH is 2. The number of aliphatic hydroxyl groups is 2. The minimum Gasteiger partial charge on any atom is -0.393 e. The second-order valence-electron chi connectivity index (χ2n) is 6.16. The Balaban J connectivity index is 1.54.